The largest absolute Gasteiger partial charge is 0.460 e. The first kappa shape index (κ1) is 22.0. The fraction of sp³-hybridized carbons (Fsp3) is 0.360. The average Bonchev–Trinajstić information content (AvgIpc) is 3.30. The van der Waals surface area contributed by atoms with Gasteiger partial charge in [0.15, 0.2) is 0 Å². The van der Waals surface area contributed by atoms with E-state index >= 15 is 0 Å². The summed E-state index contributed by atoms with van der Waals surface area (Å²) in [5, 5.41) is 12.9. The van der Waals surface area contributed by atoms with E-state index in [-0.39, 0.29) is 24.8 Å². The van der Waals surface area contributed by atoms with Crippen LogP contribution in [0.1, 0.15) is 48.9 Å². The van der Waals surface area contributed by atoms with Crippen molar-refractivity contribution >= 4 is 33.4 Å². The lowest BCUT2D eigenvalue weighted by atomic mass is 9.80. The van der Waals surface area contributed by atoms with E-state index in [2.05, 4.69) is 16.4 Å². The van der Waals surface area contributed by atoms with Crippen LogP contribution in [0.25, 0.3) is 10.2 Å². The molecule has 1 aromatic heterocycles. The van der Waals surface area contributed by atoms with Crippen molar-refractivity contribution in [2.24, 2.45) is 5.41 Å². The summed E-state index contributed by atoms with van der Waals surface area (Å²) in [5.74, 6) is -0.541. The van der Waals surface area contributed by atoms with Crippen LogP contribution in [-0.2, 0) is 33.7 Å². The van der Waals surface area contributed by atoms with Gasteiger partial charge in [0.2, 0.25) is 5.91 Å². The SMILES string of the molecule is CC(C)(C)OC(=O)CC1(C(=O)NCc2nc3ccc(C#N)cc3s2)Cc2ccccc2C1. The standard InChI is InChI=1S/C25H25N3O3S/c1-24(2,3)31-22(29)13-25(11-17-6-4-5-7-18(17)12-25)23(30)27-15-21-28-19-9-8-16(14-26)10-20(19)32-21/h4-10H,11-13,15H2,1-3H3,(H,27,30). The van der Waals surface area contributed by atoms with Crippen molar-refractivity contribution in [1.82, 2.24) is 10.3 Å². The van der Waals surface area contributed by atoms with Crippen LogP contribution in [0.3, 0.4) is 0 Å². The third-order valence-electron chi connectivity index (χ3n) is 5.52. The Kier molecular flexibility index (Phi) is 5.74. The van der Waals surface area contributed by atoms with Gasteiger partial charge in [-0.25, -0.2) is 4.98 Å². The summed E-state index contributed by atoms with van der Waals surface area (Å²) in [5.41, 5.74) is 2.08. The number of thiazole rings is 1. The molecule has 7 heteroatoms. The molecule has 0 aliphatic heterocycles. The molecule has 0 radical (unpaired) electrons. The van der Waals surface area contributed by atoms with Gasteiger partial charge < -0.3 is 10.1 Å². The van der Waals surface area contributed by atoms with Gasteiger partial charge in [0, 0.05) is 0 Å². The Balaban J connectivity index is 1.53. The van der Waals surface area contributed by atoms with Crippen molar-refractivity contribution in [3.05, 3.63) is 64.2 Å². The van der Waals surface area contributed by atoms with E-state index < -0.39 is 11.0 Å². The minimum absolute atomic E-state index is 0.0240. The molecule has 0 spiro atoms. The summed E-state index contributed by atoms with van der Waals surface area (Å²) >= 11 is 1.45. The Hall–Kier alpha value is -3.24. The predicted octanol–water partition coefficient (Wildman–Crippen LogP) is 4.30. The maximum atomic E-state index is 13.4. The van der Waals surface area contributed by atoms with Gasteiger partial charge >= 0.3 is 5.97 Å². The van der Waals surface area contributed by atoms with Gasteiger partial charge in [0.05, 0.1) is 40.2 Å². The number of fused-ring (bicyclic) bond motifs is 2. The van der Waals surface area contributed by atoms with Crippen LogP contribution in [0.2, 0.25) is 0 Å². The van der Waals surface area contributed by atoms with Crippen molar-refractivity contribution in [1.29, 1.82) is 5.26 Å². The quantitative estimate of drug-likeness (QED) is 0.589. The number of nitrogens with one attached hydrogen (secondary N) is 1. The molecule has 4 rings (SSSR count). The molecule has 32 heavy (non-hydrogen) atoms. The Morgan fingerprint density at radius 3 is 2.50 bits per heavy atom. The lowest BCUT2D eigenvalue weighted by molar-refractivity contribution is -0.160. The lowest BCUT2D eigenvalue weighted by Gasteiger charge is -2.28. The van der Waals surface area contributed by atoms with Gasteiger partial charge in [-0.15, -0.1) is 11.3 Å². The number of esters is 1. The first-order valence-corrected chi connectivity index (χ1v) is 11.4. The maximum absolute atomic E-state index is 13.4. The van der Waals surface area contributed by atoms with Gasteiger partial charge in [0.25, 0.3) is 0 Å². The van der Waals surface area contributed by atoms with E-state index in [4.69, 9.17) is 10.00 Å². The Bertz CT molecular complexity index is 1210. The van der Waals surface area contributed by atoms with Gasteiger partial charge in [-0.2, -0.15) is 5.26 Å². The van der Waals surface area contributed by atoms with E-state index in [1.807, 2.05) is 51.1 Å². The van der Waals surface area contributed by atoms with Crippen molar-refractivity contribution in [3.8, 4) is 6.07 Å². The third-order valence-corrected chi connectivity index (χ3v) is 6.54. The van der Waals surface area contributed by atoms with Gasteiger partial charge in [-0.05, 0) is 62.9 Å². The van der Waals surface area contributed by atoms with Crippen LogP contribution in [0.5, 0.6) is 0 Å². The van der Waals surface area contributed by atoms with Gasteiger partial charge in [0.1, 0.15) is 10.6 Å². The maximum Gasteiger partial charge on any atom is 0.307 e. The van der Waals surface area contributed by atoms with Crippen molar-refractivity contribution in [2.45, 2.75) is 52.2 Å². The van der Waals surface area contributed by atoms with E-state index in [0.717, 1.165) is 26.4 Å². The first-order chi connectivity index (χ1) is 15.2. The molecule has 1 amide bonds. The highest BCUT2D eigenvalue weighted by Gasteiger charge is 2.46. The Morgan fingerprint density at radius 2 is 1.88 bits per heavy atom. The van der Waals surface area contributed by atoms with Gasteiger partial charge in [-0.1, -0.05) is 24.3 Å². The monoisotopic (exact) mass is 447 g/mol. The molecule has 1 aliphatic rings. The number of ether oxygens (including phenoxy) is 1. The molecule has 1 N–H and O–H groups in total. The lowest BCUT2D eigenvalue weighted by Crippen LogP contribution is -2.44. The normalized spacial score (nSPS) is 14.6. The summed E-state index contributed by atoms with van der Waals surface area (Å²) in [7, 11) is 0. The molecular formula is C25H25N3O3S. The highest BCUT2D eigenvalue weighted by atomic mass is 32.1. The topological polar surface area (TPSA) is 92.1 Å². The molecule has 3 aromatic rings. The molecule has 164 valence electrons. The highest BCUT2D eigenvalue weighted by Crippen LogP contribution is 2.41. The third kappa shape index (κ3) is 4.66. The summed E-state index contributed by atoms with van der Waals surface area (Å²) in [6.07, 6.45) is 1.02. The van der Waals surface area contributed by atoms with E-state index in [1.54, 1.807) is 12.1 Å². The molecule has 0 fully saturated rings. The van der Waals surface area contributed by atoms with Gasteiger partial charge in [-0.3, -0.25) is 9.59 Å². The van der Waals surface area contributed by atoms with Crippen LogP contribution >= 0.6 is 11.3 Å². The zero-order valence-electron chi connectivity index (χ0n) is 18.4. The number of benzene rings is 2. The number of rotatable bonds is 5. The number of aromatic nitrogens is 1. The minimum atomic E-state index is -0.878. The minimum Gasteiger partial charge on any atom is -0.460 e. The van der Waals surface area contributed by atoms with Crippen LogP contribution < -0.4 is 5.32 Å². The Labute approximate surface area is 191 Å². The number of amides is 1. The molecule has 0 bridgehead atoms. The second-order valence-electron chi connectivity index (χ2n) is 9.25. The number of hydrogen-bond acceptors (Lipinski definition) is 6. The van der Waals surface area contributed by atoms with Crippen LogP contribution in [0, 0.1) is 16.7 Å². The molecule has 2 aromatic carbocycles. The highest BCUT2D eigenvalue weighted by molar-refractivity contribution is 7.18. The molecule has 0 unspecified atom stereocenters. The predicted molar refractivity (Wildman–Crippen MR) is 123 cm³/mol. The van der Waals surface area contributed by atoms with Crippen molar-refractivity contribution < 1.29 is 14.3 Å². The second kappa shape index (κ2) is 8.36. The molecule has 1 heterocycles. The van der Waals surface area contributed by atoms with E-state index in [0.29, 0.717) is 18.4 Å². The number of nitrogens with zero attached hydrogens (tertiary/aromatic N) is 2. The molecular weight excluding hydrogens is 422 g/mol. The second-order valence-corrected chi connectivity index (χ2v) is 10.4. The van der Waals surface area contributed by atoms with Crippen LogP contribution in [-0.4, -0.2) is 22.5 Å². The number of hydrogen-bond donors (Lipinski definition) is 1. The van der Waals surface area contributed by atoms with E-state index in [9.17, 15) is 9.59 Å². The summed E-state index contributed by atoms with van der Waals surface area (Å²) in [6.45, 7) is 5.75. The summed E-state index contributed by atoms with van der Waals surface area (Å²) in [6, 6.07) is 15.4. The van der Waals surface area contributed by atoms with Crippen LogP contribution in [0.4, 0.5) is 0 Å². The smallest absolute Gasteiger partial charge is 0.307 e. The van der Waals surface area contributed by atoms with Crippen LogP contribution in [0.15, 0.2) is 42.5 Å². The zero-order chi connectivity index (χ0) is 22.9. The summed E-state index contributed by atoms with van der Waals surface area (Å²) < 4.78 is 6.45. The zero-order valence-corrected chi connectivity index (χ0v) is 19.2. The Morgan fingerprint density at radius 1 is 1.19 bits per heavy atom. The first-order valence-electron chi connectivity index (χ1n) is 10.5. The molecule has 0 saturated carbocycles. The summed E-state index contributed by atoms with van der Waals surface area (Å²) in [4.78, 5) is 30.7. The van der Waals surface area contributed by atoms with Crippen molar-refractivity contribution in [2.75, 3.05) is 0 Å². The number of nitriles is 1. The fourth-order valence-electron chi connectivity index (χ4n) is 4.17. The number of carbonyl (C=O) groups is 2. The fourth-order valence-corrected chi connectivity index (χ4v) is 5.12. The van der Waals surface area contributed by atoms with E-state index in [1.165, 1.54) is 11.3 Å². The molecule has 6 nitrogen and oxygen atoms in total. The molecule has 0 atom stereocenters. The number of carbonyl (C=O) groups excluding carboxylic acids is 2. The molecule has 1 aliphatic carbocycles. The average molecular weight is 448 g/mol. The molecule has 0 saturated heterocycles. The van der Waals surface area contributed by atoms with Crippen molar-refractivity contribution in [3.63, 3.8) is 0 Å².